The number of pyridine rings is 1. The number of aromatic nitrogens is 3. The van der Waals surface area contributed by atoms with Crippen LogP contribution in [0.15, 0.2) is 70.4 Å². The Kier molecular flexibility index (Phi) is 6.59. The zero-order valence-electron chi connectivity index (χ0n) is 16.7. The first-order valence-corrected chi connectivity index (χ1v) is 11.2. The molecule has 2 heterocycles. The van der Waals surface area contributed by atoms with Crippen LogP contribution in [0.1, 0.15) is 32.1 Å². The molecule has 1 aliphatic carbocycles. The van der Waals surface area contributed by atoms with Crippen LogP contribution >= 0.6 is 11.8 Å². The van der Waals surface area contributed by atoms with E-state index < -0.39 is 0 Å². The van der Waals surface area contributed by atoms with Gasteiger partial charge < -0.3 is 5.32 Å². The van der Waals surface area contributed by atoms with Crippen LogP contribution in [0, 0.1) is 0 Å². The molecule has 0 spiro atoms. The number of nitrogens with zero attached hydrogens (tertiary/aromatic N) is 3. The fourth-order valence-corrected chi connectivity index (χ4v) is 4.44. The predicted molar refractivity (Wildman–Crippen MR) is 120 cm³/mol. The van der Waals surface area contributed by atoms with Gasteiger partial charge in [-0.15, -0.1) is 0 Å². The van der Waals surface area contributed by atoms with Crippen molar-refractivity contribution < 1.29 is 4.79 Å². The molecule has 2 aromatic heterocycles. The minimum Gasteiger partial charge on any atom is -0.355 e. The van der Waals surface area contributed by atoms with Gasteiger partial charge in [0.05, 0.1) is 28.5 Å². The van der Waals surface area contributed by atoms with Gasteiger partial charge in [0.2, 0.25) is 5.91 Å². The van der Waals surface area contributed by atoms with Crippen molar-refractivity contribution in [1.82, 2.24) is 19.9 Å². The molecule has 0 bridgehead atoms. The van der Waals surface area contributed by atoms with Gasteiger partial charge in [-0.05, 0) is 56.4 Å². The van der Waals surface area contributed by atoms with E-state index in [4.69, 9.17) is 0 Å². The quantitative estimate of drug-likeness (QED) is 0.357. The van der Waals surface area contributed by atoms with Crippen molar-refractivity contribution in [3.05, 3.63) is 70.8 Å². The third-order valence-electron chi connectivity index (χ3n) is 5.13. The molecule has 0 saturated carbocycles. The smallest absolute Gasteiger partial charge is 0.266 e. The van der Waals surface area contributed by atoms with Gasteiger partial charge in [-0.2, -0.15) is 0 Å². The summed E-state index contributed by atoms with van der Waals surface area (Å²) in [7, 11) is 0. The van der Waals surface area contributed by atoms with Crippen LogP contribution in [0.5, 0.6) is 0 Å². The molecule has 4 rings (SSSR count). The number of carbonyl (C=O) groups excluding carboxylic acids is 1. The highest BCUT2D eigenvalue weighted by atomic mass is 32.2. The lowest BCUT2D eigenvalue weighted by molar-refractivity contribution is -0.118. The SMILES string of the molecule is O=C(CSc1nc2ccccc2c(=O)n1-c1cccnc1)NCCC1=CCCCC1. The van der Waals surface area contributed by atoms with Crippen molar-refractivity contribution in [3.63, 3.8) is 0 Å². The van der Waals surface area contributed by atoms with Crippen LogP contribution < -0.4 is 10.9 Å². The molecule has 1 aromatic carbocycles. The number of nitrogens with one attached hydrogen (secondary N) is 1. The van der Waals surface area contributed by atoms with Crippen LogP contribution in [-0.4, -0.2) is 32.7 Å². The lowest BCUT2D eigenvalue weighted by Gasteiger charge is -2.14. The second-order valence-electron chi connectivity index (χ2n) is 7.26. The van der Waals surface area contributed by atoms with Crippen molar-refractivity contribution in [3.8, 4) is 5.69 Å². The zero-order chi connectivity index (χ0) is 20.8. The molecule has 154 valence electrons. The summed E-state index contributed by atoms with van der Waals surface area (Å²) in [5, 5.41) is 4.00. The number of hydrogen-bond acceptors (Lipinski definition) is 5. The third kappa shape index (κ3) is 4.79. The van der Waals surface area contributed by atoms with E-state index in [0.717, 1.165) is 19.3 Å². The van der Waals surface area contributed by atoms with Crippen LogP contribution in [-0.2, 0) is 4.79 Å². The molecule has 0 atom stereocenters. The Morgan fingerprint density at radius 3 is 2.87 bits per heavy atom. The number of amides is 1. The van der Waals surface area contributed by atoms with Crippen molar-refractivity contribution >= 4 is 28.6 Å². The van der Waals surface area contributed by atoms with Gasteiger partial charge in [-0.3, -0.25) is 19.1 Å². The maximum absolute atomic E-state index is 13.1. The number of fused-ring (bicyclic) bond motifs is 1. The second-order valence-corrected chi connectivity index (χ2v) is 8.20. The van der Waals surface area contributed by atoms with Gasteiger partial charge in [0, 0.05) is 12.7 Å². The maximum Gasteiger partial charge on any atom is 0.266 e. The first-order chi connectivity index (χ1) is 14.7. The summed E-state index contributed by atoms with van der Waals surface area (Å²) in [6.45, 7) is 0.645. The van der Waals surface area contributed by atoms with E-state index in [1.54, 1.807) is 24.5 Å². The molecule has 0 radical (unpaired) electrons. The number of thioether (sulfide) groups is 1. The van der Waals surface area contributed by atoms with Gasteiger partial charge in [-0.1, -0.05) is 35.5 Å². The molecule has 7 heteroatoms. The Balaban J connectivity index is 1.49. The van der Waals surface area contributed by atoms with Crippen molar-refractivity contribution in [2.45, 2.75) is 37.3 Å². The Labute approximate surface area is 179 Å². The molecule has 6 nitrogen and oxygen atoms in total. The van der Waals surface area contributed by atoms with E-state index in [-0.39, 0.29) is 17.2 Å². The molecule has 3 aromatic rings. The van der Waals surface area contributed by atoms with Gasteiger partial charge in [-0.25, -0.2) is 4.98 Å². The van der Waals surface area contributed by atoms with Crippen LogP contribution in [0.4, 0.5) is 0 Å². The molecule has 0 fully saturated rings. The van der Waals surface area contributed by atoms with Crippen LogP contribution in [0.25, 0.3) is 16.6 Å². The number of benzene rings is 1. The molecule has 1 N–H and O–H groups in total. The summed E-state index contributed by atoms with van der Waals surface area (Å²) >= 11 is 1.26. The van der Waals surface area contributed by atoms with E-state index in [0.29, 0.717) is 28.3 Å². The van der Waals surface area contributed by atoms with Crippen molar-refractivity contribution in [2.24, 2.45) is 0 Å². The molecule has 1 aliphatic rings. The highest BCUT2D eigenvalue weighted by Crippen LogP contribution is 2.21. The van der Waals surface area contributed by atoms with Gasteiger partial charge in [0.25, 0.3) is 5.56 Å². The van der Waals surface area contributed by atoms with Gasteiger partial charge in [0.15, 0.2) is 5.16 Å². The summed E-state index contributed by atoms with van der Waals surface area (Å²) in [5.41, 5.74) is 2.53. The maximum atomic E-state index is 13.1. The largest absolute Gasteiger partial charge is 0.355 e. The molecule has 30 heavy (non-hydrogen) atoms. The highest BCUT2D eigenvalue weighted by Gasteiger charge is 2.15. The van der Waals surface area contributed by atoms with Crippen LogP contribution in [0.2, 0.25) is 0 Å². The predicted octanol–water partition coefficient (Wildman–Crippen LogP) is 3.88. The topological polar surface area (TPSA) is 76.9 Å². The number of carbonyl (C=O) groups is 1. The summed E-state index contributed by atoms with van der Waals surface area (Å²) in [6.07, 6.45) is 11.3. The number of hydrogen-bond donors (Lipinski definition) is 1. The summed E-state index contributed by atoms with van der Waals surface area (Å²) in [6, 6.07) is 10.8. The minimum atomic E-state index is -0.166. The number of para-hydroxylation sites is 1. The summed E-state index contributed by atoms with van der Waals surface area (Å²) in [4.78, 5) is 34.3. The average Bonchev–Trinajstić information content (AvgIpc) is 2.79. The van der Waals surface area contributed by atoms with E-state index in [2.05, 4.69) is 21.4 Å². The van der Waals surface area contributed by atoms with Crippen molar-refractivity contribution in [2.75, 3.05) is 12.3 Å². The Morgan fingerprint density at radius 1 is 1.17 bits per heavy atom. The third-order valence-corrected chi connectivity index (χ3v) is 6.07. The van der Waals surface area contributed by atoms with Crippen LogP contribution in [0.3, 0.4) is 0 Å². The Hall–Kier alpha value is -2.93. The molecule has 1 amide bonds. The molecular formula is C23H24N4O2S. The Morgan fingerprint density at radius 2 is 2.07 bits per heavy atom. The second kappa shape index (κ2) is 9.71. The molecule has 0 aliphatic heterocycles. The standard InChI is InChI=1S/C23H24N4O2S/c28-21(25-14-12-17-7-2-1-3-8-17)16-30-23-26-20-11-5-4-10-19(20)22(29)27(23)18-9-6-13-24-15-18/h4-7,9-11,13,15H,1-3,8,12,14,16H2,(H,25,28). The molecule has 0 unspecified atom stereocenters. The first kappa shape index (κ1) is 20.3. The van der Waals surface area contributed by atoms with E-state index in [1.165, 1.54) is 34.7 Å². The van der Waals surface area contributed by atoms with Gasteiger partial charge >= 0.3 is 0 Å². The van der Waals surface area contributed by atoms with E-state index in [1.807, 2.05) is 24.3 Å². The fraction of sp³-hybridized carbons (Fsp3) is 0.304. The fourth-order valence-electron chi connectivity index (χ4n) is 3.60. The summed E-state index contributed by atoms with van der Waals surface area (Å²) < 4.78 is 1.53. The van der Waals surface area contributed by atoms with E-state index >= 15 is 0 Å². The Bertz CT molecular complexity index is 1130. The number of allylic oxidation sites excluding steroid dienone is 1. The molecule has 0 saturated heterocycles. The van der Waals surface area contributed by atoms with E-state index in [9.17, 15) is 9.59 Å². The zero-order valence-corrected chi connectivity index (χ0v) is 17.5. The lowest BCUT2D eigenvalue weighted by Crippen LogP contribution is -2.27. The lowest BCUT2D eigenvalue weighted by atomic mass is 9.97. The van der Waals surface area contributed by atoms with Gasteiger partial charge in [0.1, 0.15) is 0 Å². The summed E-state index contributed by atoms with van der Waals surface area (Å²) in [5.74, 6) is 0.140. The average molecular weight is 421 g/mol. The normalized spacial score (nSPS) is 13.8. The van der Waals surface area contributed by atoms with Crippen molar-refractivity contribution in [1.29, 1.82) is 0 Å². The first-order valence-electron chi connectivity index (χ1n) is 10.2. The minimum absolute atomic E-state index is 0.0587. The highest BCUT2D eigenvalue weighted by molar-refractivity contribution is 7.99. The molecular weight excluding hydrogens is 396 g/mol. The number of rotatable bonds is 7. The monoisotopic (exact) mass is 420 g/mol.